The second kappa shape index (κ2) is 5.98. The topological polar surface area (TPSA) is 68.4 Å². The number of para-hydroxylation sites is 1. The summed E-state index contributed by atoms with van der Waals surface area (Å²) in [7, 11) is 0. The lowest BCUT2D eigenvalue weighted by atomic mass is 9.79. The number of fused-ring (bicyclic) bond motifs is 3. The van der Waals surface area contributed by atoms with Crippen molar-refractivity contribution in [2.75, 3.05) is 13.1 Å². The van der Waals surface area contributed by atoms with Crippen molar-refractivity contribution in [1.82, 2.24) is 15.2 Å². The maximum absolute atomic E-state index is 12.6. The molecule has 3 aliphatic heterocycles. The minimum absolute atomic E-state index is 0.0673. The Morgan fingerprint density at radius 2 is 1.96 bits per heavy atom. The number of phenols is 1. The Balaban J connectivity index is 1.51. The standard InChI is InChI=1S/C19H23N3O2/c1-12-18(13-8-10-22(12)11-9-13)21-19(24)16-7-6-15(20-16)14-4-2-3-5-17(14)23/h2-7,12-13,18,20,23H,8-11H2,1H3,(H,21,24)/t12-,18+/m1/s1. The number of nitrogens with zero attached hydrogens (tertiary/aromatic N) is 1. The van der Waals surface area contributed by atoms with E-state index >= 15 is 0 Å². The van der Waals surface area contributed by atoms with Gasteiger partial charge in [-0.1, -0.05) is 12.1 Å². The highest BCUT2D eigenvalue weighted by atomic mass is 16.3. The Labute approximate surface area is 141 Å². The zero-order chi connectivity index (χ0) is 16.7. The molecule has 0 spiro atoms. The molecule has 5 heteroatoms. The zero-order valence-corrected chi connectivity index (χ0v) is 13.8. The highest BCUT2D eigenvalue weighted by molar-refractivity contribution is 5.93. The first-order chi connectivity index (χ1) is 11.6. The smallest absolute Gasteiger partial charge is 0.267 e. The number of nitrogens with one attached hydrogen (secondary N) is 2. The molecule has 5 nitrogen and oxygen atoms in total. The van der Waals surface area contributed by atoms with Crippen molar-refractivity contribution in [2.24, 2.45) is 5.92 Å². The lowest BCUT2D eigenvalue weighted by molar-refractivity contribution is 0.0216. The van der Waals surface area contributed by atoms with Gasteiger partial charge in [0.2, 0.25) is 0 Å². The zero-order valence-electron chi connectivity index (χ0n) is 13.8. The number of H-pyrrole nitrogens is 1. The van der Waals surface area contributed by atoms with Crippen LogP contribution in [0.5, 0.6) is 5.75 Å². The largest absolute Gasteiger partial charge is 0.507 e. The number of carbonyl (C=O) groups is 1. The van der Waals surface area contributed by atoms with Crippen molar-refractivity contribution in [3.05, 3.63) is 42.1 Å². The van der Waals surface area contributed by atoms with E-state index in [1.165, 1.54) is 12.8 Å². The van der Waals surface area contributed by atoms with Gasteiger partial charge in [-0.2, -0.15) is 0 Å². The Hall–Kier alpha value is -2.27. The van der Waals surface area contributed by atoms with Gasteiger partial charge >= 0.3 is 0 Å². The summed E-state index contributed by atoms with van der Waals surface area (Å²) in [4.78, 5) is 18.2. The molecule has 1 aromatic heterocycles. The highest BCUT2D eigenvalue weighted by Gasteiger charge is 2.40. The quantitative estimate of drug-likeness (QED) is 0.812. The van der Waals surface area contributed by atoms with Crippen LogP contribution < -0.4 is 5.32 Å². The molecular formula is C19H23N3O2. The second-order valence-electron chi connectivity index (χ2n) is 6.92. The SMILES string of the molecule is C[C@@H]1[C@H](NC(=O)c2ccc(-c3ccccc3O)[nH]2)C2CCN1CC2. The van der Waals surface area contributed by atoms with Gasteiger partial charge in [-0.3, -0.25) is 9.69 Å². The number of carbonyl (C=O) groups excluding carboxylic acids is 1. The molecule has 126 valence electrons. The van der Waals surface area contributed by atoms with Gasteiger partial charge in [-0.05, 0) is 63.0 Å². The summed E-state index contributed by atoms with van der Waals surface area (Å²) in [5.74, 6) is 0.723. The average molecular weight is 325 g/mol. The molecule has 1 amide bonds. The first-order valence-electron chi connectivity index (χ1n) is 8.66. The van der Waals surface area contributed by atoms with Crippen molar-refractivity contribution in [2.45, 2.75) is 31.8 Å². The summed E-state index contributed by atoms with van der Waals surface area (Å²) >= 11 is 0. The predicted octanol–water partition coefficient (Wildman–Crippen LogP) is 2.60. The van der Waals surface area contributed by atoms with Crippen molar-refractivity contribution < 1.29 is 9.90 Å². The van der Waals surface area contributed by atoms with Crippen LogP contribution in [-0.4, -0.2) is 46.1 Å². The summed E-state index contributed by atoms with van der Waals surface area (Å²) in [6.07, 6.45) is 2.34. The lowest BCUT2D eigenvalue weighted by Crippen LogP contribution is -2.62. The van der Waals surface area contributed by atoms with Crippen LogP contribution in [0, 0.1) is 5.92 Å². The molecule has 2 bridgehead atoms. The summed E-state index contributed by atoms with van der Waals surface area (Å²) in [6, 6.07) is 11.4. The van der Waals surface area contributed by atoms with Crippen LogP contribution in [0.15, 0.2) is 36.4 Å². The minimum atomic E-state index is -0.0673. The molecule has 3 fully saturated rings. The number of amides is 1. The van der Waals surface area contributed by atoms with Gasteiger partial charge in [0.15, 0.2) is 0 Å². The number of aromatic nitrogens is 1. The molecule has 24 heavy (non-hydrogen) atoms. The first-order valence-corrected chi connectivity index (χ1v) is 8.66. The van der Waals surface area contributed by atoms with E-state index in [1.54, 1.807) is 18.2 Å². The van der Waals surface area contributed by atoms with Crippen LogP contribution in [0.4, 0.5) is 0 Å². The number of piperidine rings is 3. The maximum Gasteiger partial charge on any atom is 0.267 e. The van der Waals surface area contributed by atoms with Gasteiger partial charge in [-0.15, -0.1) is 0 Å². The molecule has 0 saturated carbocycles. The molecule has 3 N–H and O–H groups in total. The summed E-state index contributed by atoms with van der Waals surface area (Å²) < 4.78 is 0. The Kier molecular flexibility index (Phi) is 3.81. The van der Waals surface area contributed by atoms with E-state index < -0.39 is 0 Å². The van der Waals surface area contributed by atoms with E-state index in [1.807, 2.05) is 18.2 Å². The van der Waals surface area contributed by atoms with Crippen molar-refractivity contribution in [3.63, 3.8) is 0 Å². The molecular weight excluding hydrogens is 302 g/mol. The van der Waals surface area contributed by atoms with E-state index in [0.29, 0.717) is 23.2 Å². The summed E-state index contributed by atoms with van der Waals surface area (Å²) in [5.41, 5.74) is 1.99. The molecule has 2 atom stereocenters. The van der Waals surface area contributed by atoms with E-state index in [9.17, 15) is 9.90 Å². The van der Waals surface area contributed by atoms with E-state index in [4.69, 9.17) is 0 Å². The normalized spacial score (nSPS) is 28.7. The molecule has 3 aliphatic rings. The van der Waals surface area contributed by atoms with E-state index in [2.05, 4.69) is 22.1 Å². The monoisotopic (exact) mass is 325 g/mol. The number of hydrogen-bond acceptors (Lipinski definition) is 3. The van der Waals surface area contributed by atoms with Gasteiger partial charge < -0.3 is 15.4 Å². The minimum Gasteiger partial charge on any atom is -0.507 e. The molecule has 0 unspecified atom stereocenters. The van der Waals surface area contributed by atoms with Crippen LogP contribution in [0.25, 0.3) is 11.3 Å². The fourth-order valence-corrected chi connectivity index (χ4v) is 4.16. The molecule has 1 aromatic carbocycles. The summed E-state index contributed by atoms with van der Waals surface area (Å²) in [6.45, 7) is 4.51. The molecule has 0 aliphatic carbocycles. The fourth-order valence-electron chi connectivity index (χ4n) is 4.16. The molecule has 4 heterocycles. The number of rotatable bonds is 3. The fraction of sp³-hybridized carbons (Fsp3) is 0.421. The molecule has 0 radical (unpaired) electrons. The molecule has 2 aromatic rings. The molecule has 3 saturated heterocycles. The van der Waals surface area contributed by atoms with E-state index in [0.717, 1.165) is 18.8 Å². The van der Waals surface area contributed by atoms with Crippen molar-refractivity contribution in [1.29, 1.82) is 0 Å². The third kappa shape index (κ3) is 2.59. The second-order valence-corrected chi connectivity index (χ2v) is 6.92. The van der Waals surface area contributed by atoms with Gasteiger partial charge in [0.05, 0.1) is 0 Å². The van der Waals surface area contributed by atoms with Gasteiger partial charge in [0.1, 0.15) is 11.4 Å². The maximum atomic E-state index is 12.6. The Morgan fingerprint density at radius 1 is 1.21 bits per heavy atom. The number of aromatic hydroxyl groups is 1. The number of aromatic amines is 1. The first kappa shape index (κ1) is 15.3. The third-order valence-electron chi connectivity index (χ3n) is 5.60. The average Bonchev–Trinajstić information content (AvgIpc) is 3.09. The number of phenolic OH excluding ortho intramolecular Hbond substituents is 1. The third-order valence-corrected chi connectivity index (χ3v) is 5.60. The lowest BCUT2D eigenvalue weighted by Gasteiger charge is -2.49. The van der Waals surface area contributed by atoms with Crippen molar-refractivity contribution >= 4 is 5.91 Å². The Morgan fingerprint density at radius 3 is 2.67 bits per heavy atom. The summed E-state index contributed by atoms with van der Waals surface area (Å²) in [5, 5.41) is 13.2. The van der Waals surface area contributed by atoms with Gasteiger partial charge in [0, 0.05) is 23.3 Å². The van der Waals surface area contributed by atoms with Gasteiger partial charge in [-0.25, -0.2) is 0 Å². The number of benzene rings is 1. The van der Waals surface area contributed by atoms with Crippen LogP contribution in [0.2, 0.25) is 0 Å². The van der Waals surface area contributed by atoms with Crippen LogP contribution >= 0.6 is 0 Å². The molecule has 5 rings (SSSR count). The van der Waals surface area contributed by atoms with Crippen LogP contribution in [0.1, 0.15) is 30.3 Å². The van der Waals surface area contributed by atoms with Gasteiger partial charge in [0.25, 0.3) is 5.91 Å². The van der Waals surface area contributed by atoms with Crippen molar-refractivity contribution in [3.8, 4) is 17.0 Å². The predicted molar refractivity (Wildman–Crippen MR) is 92.9 cm³/mol. The van der Waals surface area contributed by atoms with Crippen LogP contribution in [-0.2, 0) is 0 Å². The number of hydrogen-bond donors (Lipinski definition) is 3. The Bertz CT molecular complexity index is 745. The highest BCUT2D eigenvalue weighted by Crippen LogP contribution is 2.32. The van der Waals surface area contributed by atoms with E-state index in [-0.39, 0.29) is 17.7 Å². The van der Waals surface area contributed by atoms with Crippen LogP contribution in [0.3, 0.4) is 0 Å².